The van der Waals surface area contributed by atoms with Crippen LogP contribution in [-0.4, -0.2) is 5.97 Å². The number of carbonyl (C=O) groups is 1. The Hall–Kier alpha value is -0.530. The van der Waals surface area contributed by atoms with Crippen molar-refractivity contribution in [3.8, 4) is 0 Å². The molecule has 0 spiro atoms. The maximum absolute atomic E-state index is 10.2. The zero-order valence-electron chi connectivity index (χ0n) is 4.94. The van der Waals surface area contributed by atoms with Crippen LogP contribution in [0.2, 0.25) is 0 Å². The molecule has 45 valence electrons. The summed E-state index contributed by atoms with van der Waals surface area (Å²) in [6.45, 7) is 1.89. The van der Waals surface area contributed by atoms with E-state index in [0.717, 1.165) is 19.3 Å². The molecule has 0 heterocycles. The highest BCUT2D eigenvalue weighted by molar-refractivity contribution is 5.77. The van der Waals surface area contributed by atoms with Gasteiger partial charge < -0.3 is 0 Å². The molecule has 0 N–H and O–H groups in total. The fourth-order valence-corrected chi connectivity index (χ4v) is 0.853. The second-order valence-corrected chi connectivity index (χ2v) is 2.42. The SMILES string of the molecule is CCC1(C([O])=O)CC1. The van der Waals surface area contributed by atoms with Gasteiger partial charge in [-0.1, -0.05) is 6.92 Å². The molecule has 0 atom stereocenters. The van der Waals surface area contributed by atoms with Crippen molar-refractivity contribution in [2.75, 3.05) is 0 Å². The first-order chi connectivity index (χ1) is 3.71. The predicted octanol–water partition coefficient (Wildman–Crippen LogP) is 1.13. The molecule has 1 rings (SSSR count). The minimum Gasteiger partial charge on any atom is -0.247 e. The van der Waals surface area contributed by atoms with Gasteiger partial charge in [0.15, 0.2) is 0 Å². The third-order valence-electron chi connectivity index (χ3n) is 1.96. The molecule has 1 saturated carbocycles. The van der Waals surface area contributed by atoms with Gasteiger partial charge in [0.1, 0.15) is 0 Å². The van der Waals surface area contributed by atoms with E-state index in [1.165, 1.54) is 0 Å². The highest BCUT2D eigenvalue weighted by atomic mass is 16.4. The third-order valence-corrected chi connectivity index (χ3v) is 1.96. The lowest BCUT2D eigenvalue weighted by Gasteiger charge is -1.98. The van der Waals surface area contributed by atoms with Crippen LogP contribution in [0.1, 0.15) is 26.2 Å². The van der Waals surface area contributed by atoms with Gasteiger partial charge in [0.2, 0.25) is 0 Å². The van der Waals surface area contributed by atoms with Crippen molar-refractivity contribution in [2.45, 2.75) is 26.2 Å². The van der Waals surface area contributed by atoms with Crippen LogP contribution in [0.25, 0.3) is 0 Å². The monoisotopic (exact) mass is 113 g/mol. The minimum atomic E-state index is -0.861. The summed E-state index contributed by atoms with van der Waals surface area (Å²) in [6.07, 6.45) is 2.38. The van der Waals surface area contributed by atoms with Gasteiger partial charge in [0.05, 0.1) is 5.41 Å². The molecule has 0 aromatic heterocycles. The normalized spacial score (nSPS) is 22.6. The Morgan fingerprint density at radius 1 is 1.62 bits per heavy atom. The van der Waals surface area contributed by atoms with E-state index in [1.807, 2.05) is 6.92 Å². The number of rotatable bonds is 2. The van der Waals surface area contributed by atoms with Crippen molar-refractivity contribution in [1.29, 1.82) is 0 Å². The molecule has 0 unspecified atom stereocenters. The second-order valence-electron chi connectivity index (χ2n) is 2.42. The molecule has 2 nitrogen and oxygen atoms in total. The molecule has 0 aliphatic heterocycles. The summed E-state index contributed by atoms with van der Waals surface area (Å²) in [5.74, 6) is -0.861. The number of hydrogen-bond acceptors (Lipinski definition) is 1. The van der Waals surface area contributed by atoms with Crippen LogP contribution in [0.15, 0.2) is 0 Å². The number of carbonyl (C=O) groups excluding carboxylic acids is 1. The van der Waals surface area contributed by atoms with Crippen molar-refractivity contribution < 1.29 is 9.90 Å². The first-order valence-electron chi connectivity index (χ1n) is 2.93. The molecule has 1 fully saturated rings. The first-order valence-corrected chi connectivity index (χ1v) is 2.93. The highest BCUT2D eigenvalue weighted by Crippen LogP contribution is 2.48. The molecule has 2 heteroatoms. The summed E-state index contributed by atoms with van der Waals surface area (Å²) in [5.41, 5.74) is -0.403. The Balaban J connectivity index is 2.53. The van der Waals surface area contributed by atoms with Crippen LogP contribution >= 0.6 is 0 Å². The lowest BCUT2D eigenvalue weighted by Crippen LogP contribution is -2.10. The van der Waals surface area contributed by atoms with Crippen molar-refractivity contribution >= 4 is 5.97 Å². The van der Waals surface area contributed by atoms with Gasteiger partial charge in [-0.15, -0.1) is 0 Å². The van der Waals surface area contributed by atoms with Crippen molar-refractivity contribution in [3.05, 3.63) is 0 Å². The molecular weight excluding hydrogens is 104 g/mol. The van der Waals surface area contributed by atoms with Gasteiger partial charge in [0, 0.05) is 0 Å². The van der Waals surface area contributed by atoms with Gasteiger partial charge in [-0.2, -0.15) is 0 Å². The number of hydrogen-bond donors (Lipinski definition) is 0. The Bertz CT molecular complexity index is 114. The van der Waals surface area contributed by atoms with E-state index in [4.69, 9.17) is 0 Å². The van der Waals surface area contributed by atoms with E-state index < -0.39 is 11.4 Å². The zero-order valence-corrected chi connectivity index (χ0v) is 4.94. The summed E-state index contributed by atoms with van der Waals surface area (Å²) < 4.78 is 0. The van der Waals surface area contributed by atoms with E-state index >= 15 is 0 Å². The summed E-state index contributed by atoms with van der Waals surface area (Å²) in [4.78, 5) is 10.2. The van der Waals surface area contributed by atoms with E-state index in [0.29, 0.717) is 0 Å². The predicted molar refractivity (Wildman–Crippen MR) is 27.7 cm³/mol. The largest absolute Gasteiger partial charge is 0.361 e. The molecule has 8 heavy (non-hydrogen) atoms. The lowest BCUT2D eigenvalue weighted by molar-refractivity contribution is -0.149. The Morgan fingerprint density at radius 2 is 2.12 bits per heavy atom. The van der Waals surface area contributed by atoms with Gasteiger partial charge in [-0.3, -0.25) is 0 Å². The fourth-order valence-electron chi connectivity index (χ4n) is 0.853. The first kappa shape index (κ1) is 5.60. The van der Waals surface area contributed by atoms with E-state index in [2.05, 4.69) is 0 Å². The summed E-state index contributed by atoms with van der Waals surface area (Å²) in [6, 6.07) is 0. The van der Waals surface area contributed by atoms with Crippen LogP contribution in [0, 0.1) is 5.41 Å². The molecular formula is C6H9O2. The quantitative estimate of drug-likeness (QED) is 0.529. The highest BCUT2D eigenvalue weighted by Gasteiger charge is 2.49. The van der Waals surface area contributed by atoms with Crippen molar-refractivity contribution in [3.63, 3.8) is 0 Å². The van der Waals surface area contributed by atoms with E-state index in [-0.39, 0.29) is 0 Å². The van der Waals surface area contributed by atoms with Gasteiger partial charge in [-0.05, 0) is 19.3 Å². The molecule has 1 aliphatic carbocycles. The summed E-state index contributed by atoms with van der Waals surface area (Å²) in [5, 5.41) is 10.2. The zero-order chi connectivity index (χ0) is 6.20. The molecule has 1 radical (unpaired) electrons. The molecule has 0 bridgehead atoms. The average molecular weight is 113 g/mol. The van der Waals surface area contributed by atoms with Crippen LogP contribution in [-0.2, 0) is 9.90 Å². The molecule has 0 aromatic carbocycles. The average Bonchev–Trinajstić information content (AvgIpc) is 2.44. The Labute approximate surface area is 48.5 Å². The van der Waals surface area contributed by atoms with Crippen molar-refractivity contribution in [2.24, 2.45) is 5.41 Å². The maximum atomic E-state index is 10.2. The Morgan fingerprint density at radius 3 is 2.12 bits per heavy atom. The molecule has 0 amide bonds. The van der Waals surface area contributed by atoms with Gasteiger partial charge in [-0.25, -0.2) is 9.90 Å². The van der Waals surface area contributed by atoms with Crippen LogP contribution in [0.3, 0.4) is 0 Å². The van der Waals surface area contributed by atoms with Crippen LogP contribution < -0.4 is 0 Å². The molecule has 0 saturated heterocycles. The standard InChI is InChI=1S/C6H9O2/c1-2-6(3-4-6)5(7)8/h2-4H2,1H3. The Kier molecular flexibility index (Phi) is 1.03. The summed E-state index contributed by atoms with van der Waals surface area (Å²) in [7, 11) is 0. The third kappa shape index (κ3) is 0.602. The van der Waals surface area contributed by atoms with Crippen molar-refractivity contribution in [1.82, 2.24) is 0 Å². The van der Waals surface area contributed by atoms with Gasteiger partial charge >= 0.3 is 5.97 Å². The van der Waals surface area contributed by atoms with Gasteiger partial charge in [0.25, 0.3) is 0 Å². The topological polar surface area (TPSA) is 37.0 Å². The second kappa shape index (κ2) is 1.47. The molecule has 1 aliphatic rings. The smallest absolute Gasteiger partial charge is 0.247 e. The minimum absolute atomic E-state index is 0.403. The maximum Gasteiger partial charge on any atom is 0.361 e. The van der Waals surface area contributed by atoms with Crippen LogP contribution in [0.4, 0.5) is 0 Å². The lowest BCUT2D eigenvalue weighted by atomic mass is 10.1. The fraction of sp³-hybridized carbons (Fsp3) is 0.833. The van der Waals surface area contributed by atoms with Crippen LogP contribution in [0.5, 0.6) is 0 Å². The summed E-state index contributed by atoms with van der Waals surface area (Å²) >= 11 is 0. The van der Waals surface area contributed by atoms with E-state index in [1.54, 1.807) is 0 Å². The molecule has 0 aromatic rings. The van der Waals surface area contributed by atoms with E-state index in [9.17, 15) is 9.90 Å².